The number of nitrogens with two attached hydrogens (primary N) is 1. The van der Waals surface area contributed by atoms with Gasteiger partial charge in [0, 0.05) is 12.1 Å². The van der Waals surface area contributed by atoms with Gasteiger partial charge in [-0.3, -0.25) is 0 Å². The van der Waals surface area contributed by atoms with Crippen molar-refractivity contribution >= 4 is 15.9 Å². The lowest BCUT2D eigenvalue weighted by molar-refractivity contribution is 0.101. The maximum absolute atomic E-state index is 13.0. The zero-order valence-corrected chi connectivity index (χ0v) is 11.2. The summed E-state index contributed by atoms with van der Waals surface area (Å²) in [7, 11) is 0. The molecular weight excluding hydrogens is 273 g/mol. The zero-order chi connectivity index (χ0) is 12.2. The Kier molecular flexibility index (Phi) is 4.89. The van der Waals surface area contributed by atoms with Gasteiger partial charge in [0.2, 0.25) is 0 Å². The molecule has 16 heavy (non-hydrogen) atoms. The van der Waals surface area contributed by atoms with Crippen LogP contribution in [0.1, 0.15) is 19.4 Å². The molecule has 0 heterocycles. The maximum Gasteiger partial charge on any atom is 0.137 e. The van der Waals surface area contributed by atoms with E-state index < -0.39 is 5.54 Å². The van der Waals surface area contributed by atoms with Crippen molar-refractivity contribution in [3.05, 3.63) is 34.1 Å². The highest BCUT2D eigenvalue weighted by Gasteiger charge is 2.19. The van der Waals surface area contributed by atoms with E-state index in [1.807, 2.05) is 13.8 Å². The van der Waals surface area contributed by atoms with Gasteiger partial charge < -0.3 is 10.5 Å². The Morgan fingerprint density at radius 3 is 2.75 bits per heavy atom. The lowest BCUT2D eigenvalue weighted by Gasteiger charge is -2.24. The summed E-state index contributed by atoms with van der Waals surface area (Å²) in [5.74, 6) is -0.257. The van der Waals surface area contributed by atoms with Crippen molar-refractivity contribution in [3.63, 3.8) is 0 Å². The molecule has 0 bridgehead atoms. The molecule has 2 N–H and O–H groups in total. The van der Waals surface area contributed by atoms with Gasteiger partial charge in [0.05, 0.1) is 11.1 Å². The van der Waals surface area contributed by atoms with Crippen LogP contribution in [0.15, 0.2) is 22.7 Å². The minimum Gasteiger partial charge on any atom is -0.380 e. The van der Waals surface area contributed by atoms with Crippen molar-refractivity contribution < 1.29 is 9.13 Å². The molecule has 90 valence electrons. The van der Waals surface area contributed by atoms with Gasteiger partial charge >= 0.3 is 0 Å². The second-order valence-electron chi connectivity index (χ2n) is 4.22. The average molecular weight is 290 g/mol. The molecule has 0 aromatic heterocycles. The predicted octanol–water partition coefficient (Wildman–Crippen LogP) is 2.88. The molecule has 0 saturated carbocycles. The molecule has 0 aliphatic carbocycles. The zero-order valence-electron chi connectivity index (χ0n) is 9.59. The quantitative estimate of drug-likeness (QED) is 0.905. The molecule has 2 nitrogen and oxygen atoms in total. The van der Waals surface area contributed by atoms with E-state index in [4.69, 9.17) is 10.5 Å². The summed E-state index contributed by atoms with van der Waals surface area (Å²) in [4.78, 5) is 0. The first-order chi connectivity index (χ1) is 7.44. The predicted molar refractivity (Wildman–Crippen MR) is 66.9 cm³/mol. The smallest absolute Gasteiger partial charge is 0.137 e. The number of hydrogen-bond donors (Lipinski definition) is 1. The number of ether oxygens (including phenoxy) is 1. The standard InChI is InChI=1S/C12H17BrFNO/c1-3-16-8-12(2,15)7-9-4-5-11(14)10(13)6-9/h4-6H,3,7-8,15H2,1-2H3. The molecule has 0 fully saturated rings. The van der Waals surface area contributed by atoms with Crippen molar-refractivity contribution in [2.75, 3.05) is 13.2 Å². The Bertz CT molecular complexity index is 355. The van der Waals surface area contributed by atoms with Gasteiger partial charge in [-0.05, 0) is 53.9 Å². The van der Waals surface area contributed by atoms with E-state index in [1.165, 1.54) is 6.07 Å². The third-order valence-electron chi connectivity index (χ3n) is 2.23. The molecule has 0 saturated heterocycles. The number of hydrogen-bond acceptors (Lipinski definition) is 2. The topological polar surface area (TPSA) is 35.2 Å². The van der Waals surface area contributed by atoms with E-state index in [0.29, 0.717) is 24.1 Å². The second kappa shape index (κ2) is 5.75. The molecule has 0 radical (unpaired) electrons. The lowest BCUT2D eigenvalue weighted by Crippen LogP contribution is -2.43. The van der Waals surface area contributed by atoms with E-state index in [-0.39, 0.29) is 5.82 Å². The summed E-state index contributed by atoms with van der Waals surface area (Å²) < 4.78 is 18.8. The lowest BCUT2D eigenvalue weighted by atomic mass is 9.95. The van der Waals surface area contributed by atoms with Crippen molar-refractivity contribution in [1.82, 2.24) is 0 Å². The minimum absolute atomic E-state index is 0.257. The van der Waals surface area contributed by atoms with Gasteiger partial charge in [-0.1, -0.05) is 6.07 Å². The summed E-state index contributed by atoms with van der Waals surface area (Å²) in [6.45, 7) is 5.02. The maximum atomic E-state index is 13.0. The van der Waals surface area contributed by atoms with Crippen LogP contribution in [-0.2, 0) is 11.2 Å². The van der Waals surface area contributed by atoms with Crippen molar-refractivity contribution in [2.24, 2.45) is 5.73 Å². The molecular formula is C12H17BrFNO. The Balaban J connectivity index is 2.68. The highest BCUT2D eigenvalue weighted by molar-refractivity contribution is 9.10. The molecule has 4 heteroatoms. The largest absolute Gasteiger partial charge is 0.380 e. The molecule has 0 aliphatic rings. The number of benzene rings is 1. The van der Waals surface area contributed by atoms with Crippen LogP contribution in [0, 0.1) is 5.82 Å². The normalized spacial score (nSPS) is 14.8. The molecule has 1 aromatic carbocycles. The molecule has 1 atom stereocenters. The van der Waals surface area contributed by atoms with Gasteiger partial charge in [0.15, 0.2) is 0 Å². The first-order valence-corrected chi connectivity index (χ1v) is 6.04. The van der Waals surface area contributed by atoms with Crippen LogP contribution in [0.25, 0.3) is 0 Å². The fraction of sp³-hybridized carbons (Fsp3) is 0.500. The van der Waals surface area contributed by atoms with Crippen LogP contribution < -0.4 is 5.73 Å². The third-order valence-corrected chi connectivity index (χ3v) is 2.84. The summed E-state index contributed by atoms with van der Waals surface area (Å²) in [6.07, 6.45) is 0.659. The van der Waals surface area contributed by atoms with Crippen LogP contribution in [-0.4, -0.2) is 18.8 Å². The molecule has 1 unspecified atom stereocenters. The highest BCUT2D eigenvalue weighted by atomic mass is 79.9. The van der Waals surface area contributed by atoms with Crippen LogP contribution in [0.4, 0.5) is 4.39 Å². The van der Waals surface area contributed by atoms with E-state index >= 15 is 0 Å². The van der Waals surface area contributed by atoms with Crippen molar-refractivity contribution in [2.45, 2.75) is 25.8 Å². The molecule has 0 spiro atoms. The van der Waals surface area contributed by atoms with Crippen molar-refractivity contribution in [1.29, 1.82) is 0 Å². The SMILES string of the molecule is CCOCC(C)(N)Cc1ccc(F)c(Br)c1. The van der Waals surface area contributed by atoms with Crippen LogP contribution in [0.5, 0.6) is 0 Å². The first kappa shape index (κ1) is 13.6. The van der Waals surface area contributed by atoms with Gasteiger partial charge in [0.25, 0.3) is 0 Å². The molecule has 1 rings (SSSR count). The van der Waals surface area contributed by atoms with E-state index in [0.717, 1.165) is 5.56 Å². The fourth-order valence-electron chi connectivity index (χ4n) is 1.50. The molecule has 0 aliphatic heterocycles. The van der Waals surface area contributed by atoms with Crippen molar-refractivity contribution in [3.8, 4) is 0 Å². The van der Waals surface area contributed by atoms with E-state index in [9.17, 15) is 4.39 Å². The number of rotatable bonds is 5. The summed E-state index contributed by atoms with van der Waals surface area (Å²) >= 11 is 3.16. The van der Waals surface area contributed by atoms with E-state index in [1.54, 1.807) is 12.1 Å². The third kappa shape index (κ3) is 4.20. The van der Waals surface area contributed by atoms with Crippen LogP contribution in [0.2, 0.25) is 0 Å². The van der Waals surface area contributed by atoms with Gasteiger partial charge in [-0.25, -0.2) is 4.39 Å². The van der Waals surface area contributed by atoms with Gasteiger partial charge in [0.1, 0.15) is 5.82 Å². The summed E-state index contributed by atoms with van der Waals surface area (Å²) in [5, 5.41) is 0. The number of halogens is 2. The Morgan fingerprint density at radius 2 is 2.19 bits per heavy atom. The minimum atomic E-state index is -0.423. The monoisotopic (exact) mass is 289 g/mol. The van der Waals surface area contributed by atoms with Crippen LogP contribution in [0.3, 0.4) is 0 Å². The highest BCUT2D eigenvalue weighted by Crippen LogP contribution is 2.19. The van der Waals surface area contributed by atoms with Gasteiger partial charge in [-0.2, -0.15) is 0 Å². The summed E-state index contributed by atoms with van der Waals surface area (Å²) in [5.41, 5.74) is 6.66. The molecule has 0 amide bonds. The Hall–Kier alpha value is -0.450. The van der Waals surface area contributed by atoms with Gasteiger partial charge in [-0.15, -0.1) is 0 Å². The Labute approximate surface area is 104 Å². The summed E-state index contributed by atoms with van der Waals surface area (Å²) in [6, 6.07) is 4.94. The van der Waals surface area contributed by atoms with E-state index in [2.05, 4.69) is 15.9 Å². The van der Waals surface area contributed by atoms with Crippen LogP contribution >= 0.6 is 15.9 Å². The fourth-order valence-corrected chi connectivity index (χ4v) is 1.93. The average Bonchev–Trinajstić information content (AvgIpc) is 2.20. The Morgan fingerprint density at radius 1 is 1.50 bits per heavy atom. The first-order valence-electron chi connectivity index (χ1n) is 5.25. The second-order valence-corrected chi connectivity index (χ2v) is 5.07. The molecule has 1 aromatic rings.